The van der Waals surface area contributed by atoms with Gasteiger partial charge in [0.05, 0.1) is 12.2 Å². The minimum atomic E-state index is -0.983. The highest BCUT2D eigenvalue weighted by Crippen LogP contribution is 2.24. The fraction of sp³-hybridized carbons (Fsp3) is 0.533. The topological polar surface area (TPSA) is 64.3 Å². The average molecular weight is 264 g/mol. The van der Waals surface area contributed by atoms with Gasteiger partial charge in [0, 0.05) is 0 Å². The van der Waals surface area contributed by atoms with E-state index >= 15 is 0 Å². The molecule has 1 aromatic carbocycles. The van der Waals surface area contributed by atoms with Gasteiger partial charge in [-0.1, -0.05) is 37.3 Å². The van der Waals surface area contributed by atoms with Crippen LogP contribution in [0.15, 0.2) is 30.3 Å². The molecule has 0 heterocycles. The number of nitrogens with two attached hydrogens (primary N) is 1. The van der Waals surface area contributed by atoms with Gasteiger partial charge in [0.25, 0.3) is 0 Å². The van der Waals surface area contributed by atoms with Gasteiger partial charge in [-0.05, 0) is 32.9 Å². The van der Waals surface area contributed by atoms with Crippen molar-refractivity contribution in [2.24, 2.45) is 5.73 Å². The predicted octanol–water partition coefficient (Wildman–Crippen LogP) is 1.79. The van der Waals surface area contributed by atoms with E-state index in [2.05, 4.69) is 5.32 Å². The van der Waals surface area contributed by atoms with Crippen molar-refractivity contribution in [1.82, 2.24) is 5.32 Å². The minimum Gasteiger partial charge on any atom is -0.373 e. The van der Waals surface area contributed by atoms with E-state index in [0.29, 0.717) is 6.54 Å². The fourth-order valence-corrected chi connectivity index (χ4v) is 1.89. The third-order valence-electron chi connectivity index (χ3n) is 2.89. The first-order valence-corrected chi connectivity index (χ1v) is 6.56. The zero-order valence-corrected chi connectivity index (χ0v) is 12.2. The molecule has 0 saturated carbocycles. The van der Waals surface area contributed by atoms with Crippen molar-refractivity contribution in [3.63, 3.8) is 0 Å². The number of carbonyl (C=O) groups excluding carboxylic acids is 1. The summed E-state index contributed by atoms with van der Waals surface area (Å²) in [6.45, 7) is 8.65. The number of primary amides is 1. The van der Waals surface area contributed by atoms with Gasteiger partial charge in [-0.3, -0.25) is 10.1 Å². The molecule has 4 heteroatoms. The number of hydrogen-bond donors (Lipinski definition) is 2. The van der Waals surface area contributed by atoms with E-state index in [9.17, 15) is 4.79 Å². The number of carbonyl (C=O) groups is 1. The van der Waals surface area contributed by atoms with Crippen LogP contribution < -0.4 is 11.1 Å². The third kappa shape index (κ3) is 4.04. The molecule has 0 bridgehead atoms. The van der Waals surface area contributed by atoms with Crippen molar-refractivity contribution in [3.8, 4) is 0 Å². The Morgan fingerprint density at radius 1 is 1.26 bits per heavy atom. The molecular weight excluding hydrogens is 240 g/mol. The van der Waals surface area contributed by atoms with Crippen molar-refractivity contribution in [2.45, 2.75) is 38.8 Å². The Hall–Kier alpha value is -1.39. The molecule has 0 aliphatic heterocycles. The largest absolute Gasteiger partial charge is 0.373 e. The van der Waals surface area contributed by atoms with Crippen LogP contribution in [0.3, 0.4) is 0 Å². The van der Waals surface area contributed by atoms with E-state index in [1.54, 1.807) is 0 Å². The molecule has 3 N–H and O–H groups in total. The van der Waals surface area contributed by atoms with Crippen molar-refractivity contribution in [2.75, 3.05) is 13.2 Å². The zero-order valence-electron chi connectivity index (χ0n) is 12.2. The summed E-state index contributed by atoms with van der Waals surface area (Å²) in [5, 5.41) is 3.18. The number of likely N-dealkylation sites (N-methyl/N-ethyl adjacent to an activating group) is 1. The fourth-order valence-electron chi connectivity index (χ4n) is 1.89. The van der Waals surface area contributed by atoms with Gasteiger partial charge in [-0.2, -0.15) is 0 Å². The molecule has 0 fully saturated rings. The lowest BCUT2D eigenvalue weighted by atomic mass is 9.89. The van der Waals surface area contributed by atoms with E-state index in [1.807, 2.05) is 58.0 Å². The van der Waals surface area contributed by atoms with E-state index in [4.69, 9.17) is 10.5 Å². The maximum atomic E-state index is 12.0. The molecule has 1 atom stereocenters. The van der Waals surface area contributed by atoms with Gasteiger partial charge in [-0.25, -0.2) is 0 Å². The Bertz CT molecular complexity index is 412. The molecule has 4 nitrogen and oxygen atoms in total. The monoisotopic (exact) mass is 264 g/mol. The molecule has 1 amide bonds. The Morgan fingerprint density at radius 2 is 1.84 bits per heavy atom. The lowest BCUT2D eigenvalue weighted by Crippen LogP contribution is -2.56. The van der Waals surface area contributed by atoms with Crippen molar-refractivity contribution >= 4 is 5.91 Å². The summed E-state index contributed by atoms with van der Waals surface area (Å²) in [6.07, 6.45) is 0. The quantitative estimate of drug-likeness (QED) is 0.823. The van der Waals surface area contributed by atoms with Crippen LogP contribution in [0.5, 0.6) is 0 Å². The molecule has 1 unspecified atom stereocenters. The second-order valence-corrected chi connectivity index (χ2v) is 5.57. The number of amides is 1. The van der Waals surface area contributed by atoms with Crippen molar-refractivity contribution < 1.29 is 9.53 Å². The summed E-state index contributed by atoms with van der Waals surface area (Å²) < 4.78 is 5.80. The van der Waals surface area contributed by atoms with Crippen LogP contribution in [0.25, 0.3) is 0 Å². The first-order valence-electron chi connectivity index (χ1n) is 6.56. The highest BCUT2D eigenvalue weighted by Gasteiger charge is 2.39. The van der Waals surface area contributed by atoms with Crippen LogP contribution in [0.4, 0.5) is 0 Å². The highest BCUT2D eigenvalue weighted by atomic mass is 16.5. The number of ether oxygens (including phenoxy) is 1. The molecule has 0 radical (unpaired) electrons. The van der Waals surface area contributed by atoms with Crippen LogP contribution in [-0.2, 0) is 15.1 Å². The van der Waals surface area contributed by atoms with E-state index in [1.165, 1.54) is 0 Å². The van der Waals surface area contributed by atoms with Gasteiger partial charge in [0.2, 0.25) is 5.91 Å². The Morgan fingerprint density at radius 3 is 2.26 bits per heavy atom. The van der Waals surface area contributed by atoms with E-state index in [0.717, 1.165) is 5.56 Å². The molecule has 0 saturated heterocycles. The summed E-state index contributed by atoms with van der Waals surface area (Å²) in [5.74, 6) is -0.426. The first kappa shape index (κ1) is 15.7. The molecular formula is C15H24N2O2. The molecule has 0 spiro atoms. The van der Waals surface area contributed by atoms with Crippen LogP contribution in [0.2, 0.25) is 0 Å². The number of benzene rings is 1. The van der Waals surface area contributed by atoms with E-state index in [-0.39, 0.29) is 12.2 Å². The van der Waals surface area contributed by atoms with Crippen LogP contribution in [-0.4, -0.2) is 24.7 Å². The molecule has 0 aliphatic carbocycles. The standard InChI is InChI=1S/C15H24N2O2/c1-5-17-15(13(16)18,11-19-14(2,3)4)12-9-7-6-8-10-12/h6-10,17H,5,11H2,1-4H3,(H2,16,18). The SMILES string of the molecule is CCNC(COC(C)(C)C)(C(N)=O)c1ccccc1. The van der Waals surface area contributed by atoms with Gasteiger partial charge < -0.3 is 10.5 Å². The van der Waals surface area contributed by atoms with Gasteiger partial charge in [0.15, 0.2) is 0 Å². The summed E-state index contributed by atoms with van der Waals surface area (Å²) in [4.78, 5) is 12.0. The third-order valence-corrected chi connectivity index (χ3v) is 2.89. The van der Waals surface area contributed by atoms with Gasteiger partial charge >= 0.3 is 0 Å². The summed E-state index contributed by atoms with van der Waals surface area (Å²) in [7, 11) is 0. The van der Waals surface area contributed by atoms with Gasteiger partial charge in [-0.15, -0.1) is 0 Å². The van der Waals surface area contributed by atoms with E-state index < -0.39 is 11.4 Å². The highest BCUT2D eigenvalue weighted by molar-refractivity contribution is 5.86. The summed E-state index contributed by atoms with van der Waals surface area (Å²) in [6, 6.07) is 9.47. The molecule has 0 aliphatic rings. The molecule has 0 aromatic heterocycles. The second kappa shape index (κ2) is 6.17. The lowest BCUT2D eigenvalue weighted by Gasteiger charge is -2.34. The number of hydrogen-bond acceptors (Lipinski definition) is 3. The minimum absolute atomic E-state index is 0.212. The lowest BCUT2D eigenvalue weighted by molar-refractivity contribution is -0.130. The number of nitrogens with one attached hydrogen (secondary N) is 1. The summed E-state index contributed by atoms with van der Waals surface area (Å²) in [5.41, 5.74) is 5.15. The molecule has 1 rings (SSSR count). The molecule has 1 aromatic rings. The van der Waals surface area contributed by atoms with Crippen LogP contribution in [0.1, 0.15) is 33.3 Å². The predicted molar refractivity (Wildman–Crippen MR) is 76.7 cm³/mol. The van der Waals surface area contributed by atoms with Crippen LogP contribution in [0, 0.1) is 0 Å². The Labute approximate surface area is 115 Å². The van der Waals surface area contributed by atoms with Gasteiger partial charge in [0.1, 0.15) is 5.54 Å². The maximum absolute atomic E-state index is 12.0. The smallest absolute Gasteiger partial charge is 0.244 e. The van der Waals surface area contributed by atoms with Crippen LogP contribution >= 0.6 is 0 Å². The Kier molecular flexibility index (Phi) is 5.09. The first-order chi connectivity index (χ1) is 8.82. The number of rotatable bonds is 6. The Balaban J connectivity index is 3.11. The zero-order chi connectivity index (χ0) is 14.5. The van der Waals surface area contributed by atoms with Crippen molar-refractivity contribution in [3.05, 3.63) is 35.9 Å². The molecule has 106 valence electrons. The maximum Gasteiger partial charge on any atom is 0.244 e. The second-order valence-electron chi connectivity index (χ2n) is 5.57. The average Bonchev–Trinajstić information content (AvgIpc) is 2.34. The normalized spacial score (nSPS) is 14.9. The molecule has 19 heavy (non-hydrogen) atoms. The van der Waals surface area contributed by atoms with Crippen molar-refractivity contribution in [1.29, 1.82) is 0 Å². The summed E-state index contributed by atoms with van der Waals surface area (Å²) >= 11 is 0.